The molecule has 1 fully saturated rings. The van der Waals surface area contributed by atoms with E-state index in [2.05, 4.69) is 10.1 Å². The fourth-order valence-electron chi connectivity index (χ4n) is 1.34. The first kappa shape index (κ1) is 8.99. The van der Waals surface area contributed by atoms with E-state index in [0.717, 1.165) is 0 Å². The summed E-state index contributed by atoms with van der Waals surface area (Å²) in [6, 6.07) is 0. The summed E-state index contributed by atoms with van der Waals surface area (Å²) in [5.41, 5.74) is 0. The van der Waals surface area contributed by atoms with Crippen molar-refractivity contribution in [1.29, 1.82) is 0 Å². The van der Waals surface area contributed by atoms with Crippen molar-refractivity contribution in [2.75, 3.05) is 20.2 Å². The van der Waals surface area contributed by atoms with E-state index >= 15 is 0 Å². The molecule has 1 aliphatic heterocycles. The number of ether oxygens (including phenoxy) is 1. The number of hydrogen-bond donors (Lipinski definition) is 2. The maximum atomic E-state index is 11.0. The van der Waals surface area contributed by atoms with Crippen LogP contribution in [0.1, 0.15) is 0 Å². The van der Waals surface area contributed by atoms with Crippen molar-refractivity contribution in [3.05, 3.63) is 0 Å². The lowest BCUT2D eigenvalue weighted by molar-refractivity contribution is -0.153. The highest BCUT2D eigenvalue weighted by atomic mass is 16.5. The Morgan fingerprint density at radius 3 is 2.50 bits per heavy atom. The van der Waals surface area contributed by atoms with Crippen LogP contribution in [0.2, 0.25) is 0 Å². The number of aliphatic carboxylic acids is 1. The van der Waals surface area contributed by atoms with E-state index in [0.29, 0.717) is 13.1 Å². The monoisotopic (exact) mass is 173 g/mol. The lowest BCUT2D eigenvalue weighted by Crippen LogP contribution is -2.29. The highest BCUT2D eigenvalue weighted by Gasteiger charge is 2.38. The van der Waals surface area contributed by atoms with Gasteiger partial charge in [0.05, 0.1) is 18.9 Å². The molecule has 0 aromatic heterocycles. The molecule has 12 heavy (non-hydrogen) atoms. The summed E-state index contributed by atoms with van der Waals surface area (Å²) < 4.78 is 4.47. The van der Waals surface area contributed by atoms with Crippen molar-refractivity contribution in [2.45, 2.75) is 0 Å². The Labute approximate surface area is 69.7 Å². The minimum Gasteiger partial charge on any atom is -0.481 e. The molecule has 2 N–H and O–H groups in total. The van der Waals surface area contributed by atoms with Gasteiger partial charge in [-0.2, -0.15) is 0 Å². The molecular formula is C7H11NO4. The Kier molecular flexibility index (Phi) is 2.65. The van der Waals surface area contributed by atoms with Crippen molar-refractivity contribution in [2.24, 2.45) is 11.8 Å². The van der Waals surface area contributed by atoms with E-state index < -0.39 is 23.8 Å². The van der Waals surface area contributed by atoms with E-state index in [1.807, 2.05) is 0 Å². The van der Waals surface area contributed by atoms with Gasteiger partial charge < -0.3 is 15.2 Å². The van der Waals surface area contributed by atoms with E-state index in [4.69, 9.17) is 5.11 Å². The summed E-state index contributed by atoms with van der Waals surface area (Å²) in [7, 11) is 1.26. The van der Waals surface area contributed by atoms with E-state index in [-0.39, 0.29) is 0 Å². The zero-order valence-electron chi connectivity index (χ0n) is 6.74. The maximum Gasteiger partial charge on any atom is 0.310 e. The number of carboxylic acid groups (broad SMARTS) is 1. The van der Waals surface area contributed by atoms with Gasteiger partial charge in [0.15, 0.2) is 0 Å². The van der Waals surface area contributed by atoms with Gasteiger partial charge in [0.2, 0.25) is 0 Å². The van der Waals surface area contributed by atoms with Crippen LogP contribution >= 0.6 is 0 Å². The summed E-state index contributed by atoms with van der Waals surface area (Å²) in [5.74, 6) is -2.58. The zero-order chi connectivity index (χ0) is 9.14. The lowest BCUT2D eigenvalue weighted by Gasteiger charge is -2.10. The predicted molar refractivity (Wildman–Crippen MR) is 39.5 cm³/mol. The van der Waals surface area contributed by atoms with E-state index in [1.54, 1.807) is 0 Å². The second kappa shape index (κ2) is 3.53. The minimum atomic E-state index is -0.949. The standard InChI is InChI=1S/C7H11NO4/c1-12-7(11)5-3-8-2-4(5)6(9)10/h4-5,8H,2-3H2,1H3,(H,9,10)/t4-,5-/m1/s1. The number of hydrogen-bond acceptors (Lipinski definition) is 4. The second-order valence-electron chi connectivity index (χ2n) is 2.73. The van der Waals surface area contributed by atoms with Crippen LogP contribution in [0.4, 0.5) is 0 Å². The number of methoxy groups -OCH3 is 1. The van der Waals surface area contributed by atoms with Crippen LogP contribution in [0.3, 0.4) is 0 Å². The number of carbonyl (C=O) groups excluding carboxylic acids is 1. The van der Waals surface area contributed by atoms with Crippen molar-refractivity contribution in [3.8, 4) is 0 Å². The molecule has 68 valence electrons. The third-order valence-corrected chi connectivity index (χ3v) is 2.04. The molecule has 0 unspecified atom stereocenters. The number of nitrogens with one attached hydrogen (secondary N) is 1. The third-order valence-electron chi connectivity index (χ3n) is 2.04. The highest BCUT2D eigenvalue weighted by Crippen LogP contribution is 2.17. The quantitative estimate of drug-likeness (QED) is 0.528. The average Bonchev–Trinajstić information content (AvgIpc) is 2.50. The Bertz CT molecular complexity index is 204. The molecule has 0 spiro atoms. The third kappa shape index (κ3) is 1.55. The van der Waals surface area contributed by atoms with Gasteiger partial charge in [-0.05, 0) is 0 Å². The van der Waals surface area contributed by atoms with Crippen LogP contribution in [-0.2, 0) is 14.3 Å². The molecule has 2 atom stereocenters. The Morgan fingerprint density at radius 1 is 1.42 bits per heavy atom. The highest BCUT2D eigenvalue weighted by molar-refractivity contribution is 5.82. The summed E-state index contributed by atoms with van der Waals surface area (Å²) in [5, 5.41) is 11.5. The van der Waals surface area contributed by atoms with Gasteiger partial charge in [0.25, 0.3) is 0 Å². The summed E-state index contributed by atoms with van der Waals surface area (Å²) >= 11 is 0. The van der Waals surface area contributed by atoms with Gasteiger partial charge >= 0.3 is 11.9 Å². The van der Waals surface area contributed by atoms with Gasteiger partial charge in [-0.3, -0.25) is 9.59 Å². The summed E-state index contributed by atoms with van der Waals surface area (Å²) in [6.07, 6.45) is 0. The summed E-state index contributed by atoms with van der Waals surface area (Å²) in [4.78, 5) is 21.6. The van der Waals surface area contributed by atoms with Crippen molar-refractivity contribution >= 4 is 11.9 Å². The number of rotatable bonds is 2. The van der Waals surface area contributed by atoms with Gasteiger partial charge in [0.1, 0.15) is 0 Å². The maximum absolute atomic E-state index is 11.0. The first-order valence-electron chi connectivity index (χ1n) is 3.68. The van der Waals surface area contributed by atoms with Crippen LogP contribution < -0.4 is 5.32 Å². The molecule has 1 saturated heterocycles. The SMILES string of the molecule is COC(=O)[C@@H]1CNC[C@H]1C(=O)O. The van der Waals surface area contributed by atoms with Crippen molar-refractivity contribution < 1.29 is 19.4 Å². The molecule has 0 aromatic rings. The molecule has 0 bridgehead atoms. The molecular weight excluding hydrogens is 162 g/mol. The van der Waals surface area contributed by atoms with E-state index in [9.17, 15) is 9.59 Å². The fraction of sp³-hybridized carbons (Fsp3) is 0.714. The molecule has 1 rings (SSSR count). The molecule has 5 heteroatoms. The molecule has 0 amide bonds. The second-order valence-corrected chi connectivity index (χ2v) is 2.73. The van der Waals surface area contributed by atoms with Gasteiger partial charge in [-0.15, -0.1) is 0 Å². The van der Waals surface area contributed by atoms with Crippen LogP contribution in [0.25, 0.3) is 0 Å². The first-order chi connectivity index (χ1) is 5.66. The smallest absolute Gasteiger partial charge is 0.310 e. The zero-order valence-corrected chi connectivity index (χ0v) is 6.74. The molecule has 0 radical (unpaired) electrons. The summed E-state index contributed by atoms with van der Waals surface area (Å²) in [6.45, 7) is 0.735. The van der Waals surface area contributed by atoms with Gasteiger partial charge in [-0.1, -0.05) is 0 Å². The molecule has 0 saturated carbocycles. The molecule has 1 heterocycles. The fourth-order valence-corrected chi connectivity index (χ4v) is 1.34. The Hall–Kier alpha value is -1.10. The van der Waals surface area contributed by atoms with Crippen LogP contribution in [0, 0.1) is 11.8 Å². The molecule has 0 aliphatic carbocycles. The van der Waals surface area contributed by atoms with Crippen molar-refractivity contribution in [3.63, 3.8) is 0 Å². The number of carbonyl (C=O) groups is 2. The normalized spacial score (nSPS) is 28.4. The molecule has 0 aromatic carbocycles. The molecule has 5 nitrogen and oxygen atoms in total. The van der Waals surface area contributed by atoms with E-state index in [1.165, 1.54) is 7.11 Å². The van der Waals surface area contributed by atoms with Gasteiger partial charge in [-0.25, -0.2) is 0 Å². The lowest BCUT2D eigenvalue weighted by atomic mass is 9.97. The first-order valence-corrected chi connectivity index (χ1v) is 3.68. The van der Waals surface area contributed by atoms with Crippen molar-refractivity contribution in [1.82, 2.24) is 5.32 Å². The topological polar surface area (TPSA) is 75.6 Å². The van der Waals surface area contributed by atoms with Crippen LogP contribution in [0.5, 0.6) is 0 Å². The average molecular weight is 173 g/mol. The number of esters is 1. The molecule has 1 aliphatic rings. The Morgan fingerprint density at radius 2 is 2.00 bits per heavy atom. The predicted octanol–water partition coefficient (Wildman–Crippen LogP) is -0.920. The minimum absolute atomic E-state index is 0.342. The van der Waals surface area contributed by atoms with Crippen LogP contribution in [-0.4, -0.2) is 37.2 Å². The van der Waals surface area contributed by atoms with Crippen LogP contribution in [0.15, 0.2) is 0 Å². The number of carboxylic acids is 1. The van der Waals surface area contributed by atoms with Gasteiger partial charge in [0, 0.05) is 13.1 Å². The Balaban J connectivity index is 2.63. The largest absolute Gasteiger partial charge is 0.481 e.